The maximum absolute atomic E-state index is 12.6. The van der Waals surface area contributed by atoms with Crippen LogP contribution in [0.25, 0.3) is 0 Å². The quantitative estimate of drug-likeness (QED) is 0.693. The van der Waals surface area contributed by atoms with Crippen LogP contribution in [0.3, 0.4) is 0 Å². The standard InChI is InChI=1S/C13H26N2O2S/c1-6-13(7-2,10(14)18)11(16)15(8-3)9-12(4,5)17/h17H,6-9H2,1-5H3,(H2,14,18). The molecule has 0 saturated carbocycles. The van der Waals surface area contributed by atoms with Crippen molar-refractivity contribution in [3.63, 3.8) is 0 Å². The maximum Gasteiger partial charge on any atom is 0.235 e. The molecule has 0 radical (unpaired) electrons. The molecule has 0 atom stereocenters. The van der Waals surface area contributed by atoms with E-state index in [0.29, 0.717) is 19.4 Å². The molecular formula is C13H26N2O2S. The van der Waals surface area contributed by atoms with E-state index in [4.69, 9.17) is 18.0 Å². The summed E-state index contributed by atoms with van der Waals surface area (Å²) in [7, 11) is 0. The highest BCUT2D eigenvalue weighted by Gasteiger charge is 2.41. The molecule has 106 valence electrons. The van der Waals surface area contributed by atoms with Gasteiger partial charge in [0.25, 0.3) is 0 Å². The van der Waals surface area contributed by atoms with Crippen molar-refractivity contribution >= 4 is 23.1 Å². The van der Waals surface area contributed by atoms with Gasteiger partial charge in [0.05, 0.1) is 16.0 Å². The third kappa shape index (κ3) is 3.92. The normalized spacial score (nSPS) is 12.3. The summed E-state index contributed by atoms with van der Waals surface area (Å²) in [6.45, 7) is 9.91. The van der Waals surface area contributed by atoms with E-state index in [2.05, 4.69) is 0 Å². The molecule has 0 saturated heterocycles. The Hall–Kier alpha value is -0.680. The van der Waals surface area contributed by atoms with Crippen molar-refractivity contribution in [3.05, 3.63) is 0 Å². The van der Waals surface area contributed by atoms with Crippen molar-refractivity contribution in [2.75, 3.05) is 13.1 Å². The monoisotopic (exact) mass is 274 g/mol. The second-order valence-corrected chi connectivity index (χ2v) is 5.73. The molecule has 0 aromatic carbocycles. The van der Waals surface area contributed by atoms with Gasteiger partial charge in [-0.2, -0.15) is 0 Å². The van der Waals surface area contributed by atoms with Crippen LogP contribution < -0.4 is 5.73 Å². The minimum Gasteiger partial charge on any atom is -0.392 e. The van der Waals surface area contributed by atoms with Crippen LogP contribution in [0.1, 0.15) is 47.5 Å². The lowest BCUT2D eigenvalue weighted by molar-refractivity contribution is -0.141. The Bertz CT molecular complexity index is 307. The Kier molecular flexibility index (Phi) is 6.23. The van der Waals surface area contributed by atoms with E-state index < -0.39 is 11.0 Å². The van der Waals surface area contributed by atoms with Crippen molar-refractivity contribution in [1.82, 2.24) is 4.90 Å². The number of nitrogens with zero attached hydrogens (tertiary/aromatic N) is 1. The second-order valence-electron chi connectivity index (χ2n) is 5.29. The highest BCUT2D eigenvalue weighted by molar-refractivity contribution is 7.80. The molecule has 0 unspecified atom stereocenters. The molecule has 18 heavy (non-hydrogen) atoms. The van der Waals surface area contributed by atoms with Gasteiger partial charge in [0, 0.05) is 13.1 Å². The SMILES string of the molecule is CCN(CC(C)(C)O)C(=O)C(CC)(CC)C(N)=S. The van der Waals surface area contributed by atoms with Gasteiger partial charge in [0.2, 0.25) is 5.91 Å². The van der Waals surface area contributed by atoms with E-state index in [1.807, 2.05) is 20.8 Å². The molecule has 1 amide bonds. The van der Waals surface area contributed by atoms with Crippen molar-refractivity contribution < 1.29 is 9.90 Å². The number of carbonyl (C=O) groups excluding carboxylic acids is 1. The van der Waals surface area contributed by atoms with Crippen LogP contribution in [0.5, 0.6) is 0 Å². The first kappa shape index (κ1) is 17.3. The fourth-order valence-corrected chi connectivity index (χ4v) is 2.48. The Labute approximate surface area is 116 Å². The van der Waals surface area contributed by atoms with E-state index in [9.17, 15) is 9.90 Å². The summed E-state index contributed by atoms with van der Waals surface area (Å²) in [6, 6.07) is 0. The zero-order valence-electron chi connectivity index (χ0n) is 12.1. The van der Waals surface area contributed by atoms with Gasteiger partial charge in [-0.05, 0) is 33.6 Å². The predicted octanol–water partition coefficient (Wildman–Crippen LogP) is 1.70. The smallest absolute Gasteiger partial charge is 0.235 e. The summed E-state index contributed by atoms with van der Waals surface area (Å²) in [5.41, 5.74) is 4.07. The summed E-state index contributed by atoms with van der Waals surface area (Å²) < 4.78 is 0. The first-order chi connectivity index (χ1) is 8.14. The van der Waals surface area contributed by atoms with Crippen LogP contribution in [0.15, 0.2) is 0 Å². The first-order valence-corrected chi connectivity index (χ1v) is 6.87. The number of rotatable bonds is 7. The number of carbonyl (C=O) groups is 1. The molecule has 0 rings (SSSR count). The van der Waals surface area contributed by atoms with Gasteiger partial charge in [-0.15, -0.1) is 0 Å². The Morgan fingerprint density at radius 3 is 1.94 bits per heavy atom. The first-order valence-electron chi connectivity index (χ1n) is 6.46. The van der Waals surface area contributed by atoms with Crippen molar-refractivity contribution in [1.29, 1.82) is 0 Å². The number of aliphatic hydroxyl groups is 1. The molecular weight excluding hydrogens is 248 g/mol. The zero-order valence-corrected chi connectivity index (χ0v) is 12.9. The topological polar surface area (TPSA) is 66.6 Å². The molecule has 0 fully saturated rings. The lowest BCUT2D eigenvalue weighted by atomic mass is 9.80. The second kappa shape index (κ2) is 6.48. The molecule has 3 N–H and O–H groups in total. The van der Waals surface area contributed by atoms with Gasteiger partial charge < -0.3 is 15.7 Å². The Balaban J connectivity index is 5.23. The van der Waals surface area contributed by atoms with Crippen LogP contribution in [-0.2, 0) is 4.79 Å². The van der Waals surface area contributed by atoms with E-state index in [0.717, 1.165) is 0 Å². The van der Waals surface area contributed by atoms with E-state index in [1.54, 1.807) is 18.7 Å². The minimum absolute atomic E-state index is 0.0791. The van der Waals surface area contributed by atoms with E-state index >= 15 is 0 Å². The minimum atomic E-state index is -0.922. The van der Waals surface area contributed by atoms with Crippen LogP contribution >= 0.6 is 12.2 Å². The third-order valence-electron chi connectivity index (χ3n) is 3.33. The van der Waals surface area contributed by atoms with Gasteiger partial charge in [-0.3, -0.25) is 4.79 Å². The van der Waals surface area contributed by atoms with Gasteiger partial charge in [0.1, 0.15) is 0 Å². The van der Waals surface area contributed by atoms with Gasteiger partial charge in [0.15, 0.2) is 0 Å². The molecule has 0 bridgehead atoms. The molecule has 0 aromatic heterocycles. The highest BCUT2D eigenvalue weighted by atomic mass is 32.1. The lowest BCUT2D eigenvalue weighted by Crippen LogP contribution is -2.53. The Morgan fingerprint density at radius 1 is 1.28 bits per heavy atom. The molecule has 0 aliphatic heterocycles. The third-order valence-corrected chi connectivity index (χ3v) is 3.73. The van der Waals surface area contributed by atoms with Gasteiger partial charge in [-0.25, -0.2) is 0 Å². The number of hydrogen-bond donors (Lipinski definition) is 2. The largest absolute Gasteiger partial charge is 0.392 e. The average molecular weight is 274 g/mol. The van der Waals surface area contributed by atoms with Crippen LogP contribution in [-0.4, -0.2) is 39.6 Å². The average Bonchev–Trinajstić information content (AvgIpc) is 2.26. The van der Waals surface area contributed by atoms with Crippen LogP contribution in [0.4, 0.5) is 0 Å². The summed E-state index contributed by atoms with van der Waals surface area (Å²) in [6.07, 6.45) is 1.17. The lowest BCUT2D eigenvalue weighted by Gasteiger charge is -2.37. The summed E-state index contributed by atoms with van der Waals surface area (Å²) in [5, 5.41) is 9.86. The van der Waals surface area contributed by atoms with Crippen LogP contribution in [0, 0.1) is 5.41 Å². The van der Waals surface area contributed by atoms with Crippen molar-refractivity contribution in [2.24, 2.45) is 11.1 Å². The van der Waals surface area contributed by atoms with Gasteiger partial charge in [-0.1, -0.05) is 26.1 Å². The van der Waals surface area contributed by atoms with Gasteiger partial charge >= 0.3 is 0 Å². The molecule has 5 heteroatoms. The number of likely N-dealkylation sites (N-methyl/N-ethyl adjacent to an activating group) is 1. The van der Waals surface area contributed by atoms with E-state index in [-0.39, 0.29) is 17.4 Å². The van der Waals surface area contributed by atoms with Crippen molar-refractivity contribution in [3.8, 4) is 0 Å². The fraction of sp³-hybridized carbons (Fsp3) is 0.846. The summed E-state index contributed by atoms with van der Waals surface area (Å²) >= 11 is 5.08. The molecule has 0 spiro atoms. The molecule has 0 aliphatic rings. The highest BCUT2D eigenvalue weighted by Crippen LogP contribution is 2.30. The number of thiocarbonyl (C=S) groups is 1. The molecule has 0 aromatic rings. The number of nitrogens with two attached hydrogens (primary N) is 1. The van der Waals surface area contributed by atoms with Crippen LogP contribution in [0.2, 0.25) is 0 Å². The van der Waals surface area contributed by atoms with Crippen molar-refractivity contribution in [2.45, 2.75) is 53.1 Å². The number of amides is 1. The molecule has 4 nitrogen and oxygen atoms in total. The predicted molar refractivity (Wildman–Crippen MR) is 78.4 cm³/mol. The fourth-order valence-electron chi connectivity index (χ4n) is 2.10. The molecule has 0 heterocycles. The van der Waals surface area contributed by atoms with E-state index in [1.165, 1.54) is 0 Å². The zero-order chi connectivity index (χ0) is 14.6. The molecule has 0 aliphatic carbocycles. The Morgan fingerprint density at radius 2 is 1.72 bits per heavy atom. The summed E-state index contributed by atoms with van der Waals surface area (Å²) in [5.74, 6) is -0.0791. The number of hydrogen-bond acceptors (Lipinski definition) is 3. The summed E-state index contributed by atoms with van der Waals surface area (Å²) in [4.78, 5) is 14.5. The maximum atomic E-state index is 12.6.